The molecule has 1 amide bonds. The summed E-state index contributed by atoms with van der Waals surface area (Å²) in [4.78, 5) is 14.1. The van der Waals surface area contributed by atoms with Crippen molar-refractivity contribution in [3.8, 4) is 11.5 Å². The van der Waals surface area contributed by atoms with E-state index in [0.29, 0.717) is 18.0 Å². The Labute approximate surface area is 185 Å². The van der Waals surface area contributed by atoms with Crippen molar-refractivity contribution >= 4 is 29.1 Å². The van der Waals surface area contributed by atoms with Gasteiger partial charge in [0, 0.05) is 42.7 Å². The summed E-state index contributed by atoms with van der Waals surface area (Å²) in [6, 6.07) is 11.4. The minimum atomic E-state index is -0.588. The molecular weight excluding hydrogens is 430 g/mol. The normalized spacial score (nSPS) is 15.7. The first-order valence-corrected chi connectivity index (χ1v) is 10.4. The zero-order valence-corrected chi connectivity index (χ0v) is 17.9. The first-order valence-electron chi connectivity index (χ1n) is 9.60. The first-order chi connectivity index (χ1) is 14.4. The molecule has 1 aliphatic heterocycles. The Morgan fingerprint density at radius 1 is 1.20 bits per heavy atom. The summed E-state index contributed by atoms with van der Waals surface area (Å²) in [5.41, 5.74) is 0.943. The molecule has 1 atom stereocenters. The number of benzene rings is 2. The molecule has 0 aliphatic carbocycles. The molecule has 0 bridgehead atoms. The van der Waals surface area contributed by atoms with Crippen LogP contribution in [0.1, 0.15) is 12.8 Å². The summed E-state index contributed by atoms with van der Waals surface area (Å²) in [6.07, 6.45) is 1.61. The van der Waals surface area contributed by atoms with Gasteiger partial charge in [-0.05, 0) is 36.4 Å². The van der Waals surface area contributed by atoms with Gasteiger partial charge in [0.25, 0.3) is 5.91 Å². The van der Waals surface area contributed by atoms with E-state index in [9.17, 15) is 9.18 Å². The third-order valence-corrected chi connectivity index (χ3v) is 5.26. The topological polar surface area (TPSA) is 50.8 Å². The van der Waals surface area contributed by atoms with E-state index < -0.39 is 5.82 Å². The molecule has 1 fully saturated rings. The SMILES string of the molecule is C=C(CCNC(=O)COc1ccc(Cl)c(F)c1)N1CC[C@@H](Oc2ccc(Cl)cc2)C1. The van der Waals surface area contributed by atoms with E-state index in [1.165, 1.54) is 12.1 Å². The molecule has 1 saturated heterocycles. The van der Waals surface area contributed by atoms with Gasteiger partial charge in [0.1, 0.15) is 23.4 Å². The third-order valence-electron chi connectivity index (χ3n) is 4.71. The monoisotopic (exact) mass is 452 g/mol. The Bertz CT molecular complexity index is 892. The lowest BCUT2D eigenvalue weighted by Gasteiger charge is -2.21. The fourth-order valence-corrected chi connectivity index (χ4v) is 3.33. The van der Waals surface area contributed by atoms with Crippen LogP contribution < -0.4 is 14.8 Å². The number of amides is 1. The number of rotatable bonds is 9. The van der Waals surface area contributed by atoms with E-state index in [1.54, 1.807) is 12.1 Å². The highest BCUT2D eigenvalue weighted by molar-refractivity contribution is 6.30. The predicted molar refractivity (Wildman–Crippen MR) is 116 cm³/mol. The molecule has 0 aromatic heterocycles. The van der Waals surface area contributed by atoms with Gasteiger partial charge in [0.15, 0.2) is 6.61 Å². The number of carbonyl (C=O) groups is 1. The second-order valence-corrected chi connectivity index (χ2v) is 7.80. The molecule has 2 aromatic carbocycles. The van der Waals surface area contributed by atoms with Crippen molar-refractivity contribution in [3.63, 3.8) is 0 Å². The fourth-order valence-electron chi connectivity index (χ4n) is 3.09. The molecule has 0 unspecified atom stereocenters. The number of likely N-dealkylation sites (tertiary alicyclic amines) is 1. The van der Waals surface area contributed by atoms with E-state index in [0.717, 1.165) is 37.0 Å². The van der Waals surface area contributed by atoms with Gasteiger partial charge < -0.3 is 19.7 Å². The van der Waals surface area contributed by atoms with Gasteiger partial charge in [-0.25, -0.2) is 4.39 Å². The Balaban J connectivity index is 1.33. The number of hydrogen-bond donors (Lipinski definition) is 1. The van der Waals surface area contributed by atoms with Gasteiger partial charge in [-0.3, -0.25) is 4.79 Å². The number of nitrogens with zero attached hydrogens (tertiary/aromatic N) is 1. The van der Waals surface area contributed by atoms with Gasteiger partial charge in [0.2, 0.25) is 0 Å². The predicted octanol–water partition coefficient (Wildman–Crippen LogP) is 4.68. The summed E-state index contributed by atoms with van der Waals surface area (Å²) in [7, 11) is 0. The van der Waals surface area contributed by atoms with Crippen LogP contribution in [0.3, 0.4) is 0 Å². The maximum Gasteiger partial charge on any atom is 0.257 e. The Morgan fingerprint density at radius 3 is 2.67 bits per heavy atom. The van der Waals surface area contributed by atoms with Crippen molar-refractivity contribution in [3.05, 3.63) is 70.6 Å². The van der Waals surface area contributed by atoms with Gasteiger partial charge >= 0.3 is 0 Å². The molecule has 2 aromatic rings. The Kier molecular flexibility index (Phi) is 7.82. The van der Waals surface area contributed by atoms with Gasteiger partial charge in [-0.2, -0.15) is 0 Å². The van der Waals surface area contributed by atoms with Crippen molar-refractivity contribution in [2.24, 2.45) is 0 Å². The second-order valence-electron chi connectivity index (χ2n) is 6.96. The Hall–Kier alpha value is -2.44. The molecule has 3 rings (SSSR count). The highest BCUT2D eigenvalue weighted by Crippen LogP contribution is 2.23. The van der Waals surface area contributed by atoms with Gasteiger partial charge in [-0.1, -0.05) is 29.8 Å². The summed E-state index contributed by atoms with van der Waals surface area (Å²) in [6.45, 7) is 5.96. The van der Waals surface area contributed by atoms with Crippen LogP contribution >= 0.6 is 23.2 Å². The van der Waals surface area contributed by atoms with Crippen molar-refractivity contribution in [2.75, 3.05) is 26.2 Å². The van der Waals surface area contributed by atoms with E-state index in [2.05, 4.69) is 16.8 Å². The summed E-state index contributed by atoms with van der Waals surface area (Å²) < 4.78 is 24.6. The van der Waals surface area contributed by atoms with E-state index in [1.807, 2.05) is 12.1 Å². The van der Waals surface area contributed by atoms with Crippen LogP contribution in [-0.2, 0) is 4.79 Å². The standard InChI is InChI=1S/C22H23Cl2FN2O3/c1-15(27-11-9-19(13-27)30-17-4-2-16(23)3-5-17)8-10-26-22(28)14-29-18-6-7-20(24)21(25)12-18/h2-7,12,19H,1,8-11,13-14H2,(H,26,28)/t19-/m1/s1. The zero-order valence-electron chi connectivity index (χ0n) is 16.4. The molecule has 8 heteroatoms. The van der Waals surface area contributed by atoms with Crippen LogP contribution in [0, 0.1) is 5.82 Å². The molecule has 0 radical (unpaired) electrons. The number of nitrogens with one attached hydrogen (secondary N) is 1. The van der Waals surface area contributed by atoms with E-state index in [-0.39, 0.29) is 29.4 Å². The molecule has 0 spiro atoms. The van der Waals surface area contributed by atoms with E-state index in [4.69, 9.17) is 32.7 Å². The molecular formula is C22H23Cl2FN2O3. The van der Waals surface area contributed by atoms with Crippen LogP contribution in [0.2, 0.25) is 10.0 Å². The summed E-state index contributed by atoms with van der Waals surface area (Å²) >= 11 is 11.5. The molecule has 30 heavy (non-hydrogen) atoms. The van der Waals surface area contributed by atoms with Crippen molar-refractivity contribution in [1.29, 1.82) is 0 Å². The van der Waals surface area contributed by atoms with Crippen LogP contribution in [0.5, 0.6) is 11.5 Å². The largest absolute Gasteiger partial charge is 0.489 e. The fraction of sp³-hybridized carbons (Fsp3) is 0.318. The molecule has 5 nitrogen and oxygen atoms in total. The minimum absolute atomic E-state index is 0.00744. The van der Waals surface area contributed by atoms with Crippen molar-refractivity contribution in [1.82, 2.24) is 10.2 Å². The number of carbonyl (C=O) groups excluding carboxylic acids is 1. The molecule has 160 valence electrons. The van der Waals surface area contributed by atoms with E-state index >= 15 is 0 Å². The second kappa shape index (κ2) is 10.5. The van der Waals surface area contributed by atoms with Crippen molar-refractivity contribution < 1.29 is 18.7 Å². The Morgan fingerprint density at radius 2 is 1.93 bits per heavy atom. The minimum Gasteiger partial charge on any atom is -0.489 e. The van der Waals surface area contributed by atoms with Crippen LogP contribution in [0.15, 0.2) is 54.7 Å². The third kappa shape index (κ3) is 6.54. The number of ether oxygens (including phenoxy) is 2. The summed E-state index contributed by atoms with van der Waals surface area (Å²) in [5.74, 6) is 0.170. The molecule has 1 N–H and O–H groups in total. The van der Waals surface area contributed by atoms with Gasteiger partial charge in [0.05, 0.1) is 11.6 Å². The first kappa shape index (κ1) is 22.2. The lowest BCUT2D eigenvalue weighted by molar-refractivity contribution is -0.123. The van der Waals surface area contributed by atoms with Crippen LogP contribution in [-0.4, -0.2) is 43.2 Å². The zero-order chi connectivity index (χ0) is 21.5. The smallest absolute Gasteiger partial charge is 0.257 e. The quantitative estimate of drug-likeness (QED) is 0.599. The van der Waals surface area contributed by atoms with Crippen LogP contribution in [0.4, 0.5) is 4.39 Å². The lowest BCUT2D eigenvalue weighted by Crippen LogP contribution is -2.31. The highest BCUT2D eigenvalue weighted by Gasteiger charge is 2.24. The number of halogens is 3. The maximum absolute atomic E-state index is 13.4. The van der Waals surface area contributed by atoms with Gasteiger partial charge in [-0.15, -0.1) is 0 Å². The number of hydrogen-bond acceptors (Lipinski definition) is 4. The highest BCUT2D eigenvalue weighted by atomic mass is 35.5. The average molecular weight is 453 g/mol. The molecule has 1 aliphatic rings. The molecule has 1 heterocycles. The average Bonchev–Trinajstić information content (AvgIpc) is 3.19. The van der Waals surface area contributed by atoms with Crippen LogP contribution in [0.25, 0.3) is 0 Å². The van der Waals surface area contributed by atoms with Crippen molar-refractivity contribution in [2.45, 2.75) is 18.9 Å². The maximum atomic E-state index is 13.4. The molecule has 0 saturated carbocycles. The summed E-state index contributed by atoms with van der Waals surface area (Å²) in [5, 5.41) is 3.46. The lowest BCUT2D eigenvalue weighted by atomic mass is 10.3.